The van der Waals surface area contributed by atoms with Crippen LogP contribution in [0, 0.1) is 0 Å². The minimum absolute atomic E-state index is 0.143. The molecule has 0 unspecified atom stereocenters. The van der Waals surface area contributed by atoms with Gasteiger partial charge in [-0.2, -0.15) is 0 Å². The second-order valence-corrected chi connectivity index (χ2v) is 6.53. The van der Waals surface area contributed by atoms with Crippen LogP contribution in [0.3, 0.4) is 0 Å². The highest BCUT2D eigenvalue weighted by atomic mass is 16.2. The molecule has 2 aromatic rings. The van der Waals surface area contributed by atoms with Crippen LogP contribution in [-0.4, -0.2) is 18.4 Å². The summed E-state index contributed by atoms with van der Waals surface area (Å²) in [6, 6.07) is 13.8. The number of carbonyl (C=O) groups is 2. The maximum absolute atomic E-state index is 12.2. The second-order valence-electron chi connectivity index (χ2n) is 6.53. The Bertz CT molecular complexity index is 838. The van der Waals surface area contributed by atoms with Crippen molar-refractivity contribution in [1.29, 1.82) is 0 Å². The first-order valence-corrected chi connectivity index (χ1v) is 8.71. The van der Waals surface area contributed by atoms with Crippen molar-refractivity contribution in [3.8, 4) is 0 Å². The lowest BCUT2D eigenvalue weighted by molar-refractivity contribution is -0.119. The van der Waals surface area contributed by atoms with Crippen molar-refractivity contribution in [1.82, 2.24) is 0 Å². The molecule has 0 saturated carbocycles. The molecule has 0 saturated heterocycles. The molecule has 4 nitrogen and oxygen atoms in total. The van der Waals surface area contributed by atoms with Gasteiger partial charge in [0.2, 0.25) is 11.8 Å². The summed E-state index contributed by atoms with van der Waals surface area (Å²) in [6.07, 6.45) is 6.59. The number of aryl methyl sites for hydroxylation is 2. The van der Waals surface area contributed by atoms with Crippen LogP contribution < -0.4 is 10.2 Å². The number of carbonyl (C=O) groups excluding carboxylic acids is 2. The Morgan fingerprint density at radius 2 is 1.80 bits per heavy atom. The molecule has 0 aliphatic carbocycles. The van der Waals surface area contributed by atoms with E-state index in [0.717, 1.165) is 42.7 Å². The number of hydrogen-bond donors (Lipinski definition) is 1. The van der Waals surface area contributed by atoms with Gasteiger partial charge >= 0.3 is 0 Å². The maximum atomic E-state index is 12.2. The van der Waals surface area contributed by atoms with Crippen molar-refractivity contribution in [3.63, 3.8) is 0 Å². The summed E-state index contributed by atoms with van der Waals surface area (Å²) in [5.41, 5.74) is 5.22. The van der Waals surface area contributed by atoms with E-state index in [-0.39, 0.29) is 11.8 Å². The fourth-order valence-corrected chi connectivity index (χ4v) is 3.65. The third-order valence-electron chi connectivity index (χ3n) is 4.77. The van der Waals surface area contributed by atoms with E-state index in [1.54, 1.807) is 12.2 Å². The molecule has 0 spiro atoms. The lowest BCUT2D eigenvalue weighted by Gasteiger charge is -2.35. The molecule has 126 valence electrons. The van der Waals surface area contributed by atoms with Gasteiger partial charge in [0.25, 0.3) is 0 Å². The Morgan fingerprint density at radius 3 is 2.60 bits per heavy atom. The standard InChI is InChI=1S/C21H20N2O2/c24-19(10-8-15-5-2-1-3-6-15)22-18-13-16-7-4-12-23-20(25)11-9-17(14-18)21(16)23/h1-3,5-6,8,10,13-14H,4,7,9,11-12H2,(H,22,24)/b10-8+. The van der Waals surface area contributed by atoms with Gasteiger partial charge in [-0.25, -0.2) is 0 Å². The van der Waals surface area contributed by atoms with Crippen LogP contribution in [0.2, 0.25) is 0 Å². The summed E-state index contributed by atoms with van der Waals surface area (Å²) >= 11 is 0. The molecule has 0 radical (unpaired) electrons. The number of nitrogens with one attached hydrogen (secondary N) is 1. The topological polar surface area (TPSA) is 49.4 Å². The highest BCUT2D eigenvalue weighted by Gasteiger charge is 2.29. The van der Waals surface area contributed by atoms with Gasteiger partial charge in [-0.1, -0.05) is 30.3 Å². The number of hydrogen-bond acceptors (Lipinski definition) is 2. The van der Waals surface area contributed by atoms with E-state index in [2.05, 4.69) is 5.32 Å². The molecule has 2 aliphatic rings. The van der Waals surface area contributed by atoms with Gasteiger partial charge in [0.15, 0.2) is 0 Å². The number of benzene rings is 2. The molecule has 1 N–H and O–H groups in total. The molecule has 0 fully saturated rings. The number of rotatable bonds is 3. The van der Waals surface area contributed by atoms with Crippen molar-refractivity contribution in [2.24, 2.45) is 0 Å². The SMILES string of the molecule is O=C(/C=C/c1ccccc1)Nc1cc2c3c(c1)CCC(=O)N3CCC2. The lowest BCUT2D eigenvalue weighted by Crippen LogP contribution is -2.39. The van der Waals surface area contributed by atoms with E-state index in [0.29, 0.717) is 6.42 Å². The minimum Gasteiger partial charge on any atom is -0.322 e. The monoisotopic (exact) mass is 332 g/mol. The molecule has 2 amide bonds. The average molecular weight is 332 g/mol. The zero-order chi connectivity index (χ0) is 17.2. The lowest BCUT2D eigenvalue weighted by atomic mass is 9.91. The Labute approximate surface area is 147 Å². The largest absolute Gasteiger partial charge is 0.322 e. The van der Waals surface area contributed by atoms with E-state index >= 15 is 0 Å². The molecule has 2 aromatic carbocycles. The zero-order valence-electron chi connectivity index (χ0n) is 14.0. The highest BCUT2D eigenvalue weighted by Crippen LogP contribution is 2.37. The van der Waals surface area contributed by atoms with Crippen molar-refractivity contribution >= 4 is 29.3 Å². The minimum atomic E-state index is -0.143. The number of amides is 2. The molecule has 4 rings (SSSR count). The van der Waals surface area contributed by atoms with E-state index in [9.17, 15) is 9.59 Å². The third-order valence-corrected chi connectivity index (χ3v) is 4.77. The van der Waals surface area contributed by atoms with Gasteiger partial charge in [-0.05, 0) is 54.2 Å². The summed E-state index contributed by atoms with van der Waals surface area (Å²) in [7, 11) is 0. The fourth-order valence-electron chi connectivity index (χ4n) is 3.65. The van der Waals surface area contributed by atoms with Crippen molar-refractivity contribution < 1.29 is 9.59 Å². The molecule has 0 bridgehead atoms. The molecule has 25 heavy (non-hydrogen) atoms. The quantitative estimate of drug-likeness (QED) is 0.874. The molecular weight excluding hydrogens is 312 g/mol. The summed E-state index contributed by atoms with van der Waals surface area (Å²) in [5.74, 6) is 0.0755. The molecular formula is C21H20N2O2. The predicted octanol–water partition coefficient (Wildman–Crippen LogP) is 3.56. The maximum Gasteiger partial charge on any atom is 0.248 e. The predicted molar refractivity (Wildman–Crippen MR) is 99.5 cm³/mol. The van der Waals surface area contributed by atoms with Crippen molar-refractivity contribution in [3.05, 3.63) is 65.2 Å². The molecule has 4 heteroatoms. The van der Waals surface area contributed by atoms with Crippen LogP contribution in [-0.2, 0) is 22.4 Å². The van der Waals surface area contributed by atoms with E-state index in [1.165, 1.54) is 11.1 Å². The van der Waals surface area contributed by atoms with Gasteiger partial charge in [0, 0.05) is 24.7 Å². The molecule has 2 heterocycles. The number of anilines is 2. The average Bonchev–Trinajstić information content (AvgIpc) is 2.64. The Morgan fingerprint density at radius 1 is 1.04 bits per heavy atom. The van der Waals surface area contributed by atoms with Gasteiger partial charge in [0.1, 0.15) is 0 Å². The van der Waals surface area contributed by atoms with Gasteiger partial charge in [-0.15, -0.1) is 0 Å². The van der Waals surface area contributed by atoms with Crippen molar-refractivity contribution in [2.75, 3.05) is 16.8 Å². The summed E-state index contributed by atoms with van der Waals surface area (Å²) < 4.78 is 0. The van der Waals surface area contributed by atoms with Crippen LogP contribution in [0.25, 0.3) is 6.08 Å². The Balaban J connectivity index is 1.55. The normalized spacial score (nSPS) is 16.0. The first kappa shape index (κ1) is 15.6. The van der Waals surface area contributed by atoms with Gasteiger partial charge in [0.05, 0.1) is 5.69 Å². The second kappa shape index (κ2) is 6.55. The molecule has 0 aromatic heterocycles. The van der Waals surface area contributed by atoms with Crippen LogP contribution in [0.4, 0.5) is 11.4 Å². The molecule has 0 atom stereocenters. The van der Waals surface area contributed by atoms with Crippen LogP contribution >= 0.6 is 0 Å². The van der Waals surface area contributed by atoms with Gasteiger partial charge in [-0.3, -0.25) is 9.59 Å². The van der Waals surface area contributed by atoms with E-state index < -0.39 is 0 Å². The van der Waals surface area contributed by atoms with Gasteiger partial charge < -0.3 is 10.2 Å². The molecule has 2 aliphatic heterocycles. The highest BCUT2D eigenvalue weighted by molar-refractivity contribution is 6.03. The Hall–Kier alpha value is -2.88. The Kier molecular flexibility index (Phi) is 4.10. The number of nitrogens with zero attached hydrogens (tertiary/aromatic N) is 1. The summed E-state index contributed by atoms with van der Waals surface area (Å²) in [6.45, 7) is 0.810. The van der Waals surface area contributed by atoms with Crippen LogP contribution in [0.1, 0.15) is 29.5 Å². The fraction of sp³-hybridized carbons (Fsp3) is 0.238. The summed E-state index contributed by atoms with van der Waals surface area (Å²) in [5, 5.41) is 2.96. The zero-order valence-corrected chi connectivity index (χ0v) is 14.0. The summed E-state index contributed by atoms with van der Waals surface area (Å²) in [4.78, 5) is 26.2. The van der Waals surface area contributed by atoms with Crippen molar-refractivity contribution in [2.45, 2.75) is 25.7 Å². The first-order valence-electron chi connectivity index (χ1n) is 8.71. The van der Waals surface area contributed by atoms with E-state index in [1.807, 2.05) is 47.4 Å². The van der Waals surface area contributed by atoms with Crippen LogP contribution in [0.5, 0.6) is 0 Å². The van der Waals surface area contributed by atoms with Crippen LogP contribution in [0.15, 0.2) is 48.5 Å². The first-order chi connectivity index (χ1) is 12.2. The van der Waals surface area contributed by atoms with E-state index in [4.69, 9.17) is 0 Å². The third kappa shape index (κ3) is 3.20. The smallest absolute Gasteiger partial charge is 0.248 e.